The van der Waals surface area contributed by atoms with Gasteiger partial charge in [-0.05, 0) is 36.3 Å². The van der Waals surface area contributed by atoms with E-state index in [1.807, 2.05) is 57.5 Å². The number of halogens is 1. The molecule has 3 unspecified atom stereocenters. The Morgan fingerprint density at radius 3 is 2.06 bits per heavy atom. The van der Waals surface area contributed by atoms with Gasteiger partial charge >= 0.3 is 0 Å². The normalized spacial score (nSPS) is 16.5. The van der Waals surface area contributed by atoms with Crippen molar-refractivity contribution in [2.24, 2.45) is 5.41 Å². The van der Waals surface area contributed by atoms with Crippen LogP contribution in [-0.4, -0.2) is 129 Å². The number of aryl methyl sites for hydroxylation is 1. The molecule has 3 rings (SSSR count). The van der Waals surface area contributed by atoms with Crippen LogP contribution in [0.25, 0.3) is 10.4 Å². The van der Waals surface area contributed by atoms with Crippen molar-refractivity contribution >= 4 is 40.7 Å². The Hall–Kier alpha value is -2.69. The van der Waals surface area contributed by atoms with Crippen molar-refractivity contribution in [2.45, 2.75) is 84.5 Å². The number of benzene rings is 1. The number of nitrogens with one attached hydrogen (secondary N) is 2. The van der Waals surface area contributed by atoms with Crippen molar-refractivity contribution in [2.75, 3.05) is 78.5 Å². The van der Waals surface area contributed by atoms with Gasteiger partial charge < -0.3 is 44.3 Å². The Kier molecular flexibility index (Phi) is 20.8. The molecule has 1 saturated heterocycles. The molecule has 53 heavy (non-hydrogen) atoms. The van der Waals surface area contributed by atoms with E-state index in [9.17, 15) is 19.5 Å². The summed E-state index contributed by atoms with van der Waals surface area (Å²) in [5, 5.41) is 16.2. The molecule has 3 N–H and O–H groups in total. The first-order chi connectivity index (χ1) is 25.5. The molecule has 15 heteroatoms. The number of aliphatic hydroxyl groups excluding tert-OH is 1. The predicted molar refractivity (Wildman–Crippen MR) is 205 cm³/mol. The fraction of sp³-hybridized carbons (Fsp3) is 0.684. The van der Waals surface area contributed by atoms with Crippen LogP contribution < -0.4 is 10.6 Å². The van der Waals surface area contributed by atoms with Crippen LogP contribution in [0, 0.1) is 12.3 Å². The highest BCUT2D eigenvalue weighted by atomic mass is 35.5. The SMILES string of the molecule is Cc1ncsc1-c1ccc(CNC(=O)C2CC(O)CN2C(=O)C(NC(=O)COCCOCCOCCOCCOCCCCCCCl)C(C)(C)C)cc1. The van der Waals surface area contributed by atoms with E-state index in [1.165, 1.54) is 4.90 Å². The summed E-state index contributed by atoms with van der Waals surface area (Å²) >= 11 is 7.24. The first-order valence-corrected chi connectivity index (χ1v) is 19.9. The number of unbranched alkanes of at least 4 members (excludes halogenated alkanes) is 3. The minimum Gasteiger partial charge on any atom is -0.391 e. The van der Waals surface area contributed by atoms with Crippen molar-refractivity contribution in [1.82, 2.24) is 20.5 Å². The van der Waals surface area contributed by atoms with Crippen molar-refractivity contribution in [3.8, 4) is 10.4 Å². The zero-order chi connectivity index (χ0) is 38.5. The van der Waals surface area contributed by atoms with Crippen LogP contribution in [0.3, 0.4) is 0 Å². The monoisotopic (exact) mass is 782 g/mol. The maximum Gasteiger partial charge on any atom is 0.246 e. The quantitative estimate of drug-likeness (QED) is 0.0938. The maximum atomic E-state index is 13.8. The van der Waals surface area contributed by atoms with Crippen LogP contribution in [0.1, 0.15) is 64.1 Å². The molecule has 3 atom stereocenters. The maximum absolute atomic E-state index is 13.8. The summed E-state index contributed by atoms with van der Waals surface area (Å²) < 4.78 is 27.5. The van der Waals surface area contributed by atoms with Crippen LogP contribution >= 0.6 is 22.9 Å². The highest BCUT2D eigenvalue weighted by Gasteiger charge is 2.44. The second kappa shape index (κ2) is 24.7. The number of carbonyl (C=O) groups is 3. The molecule has 1 aliphatic heterocycles. The highest BCUT2D eigenvalue weighted by Crippen LogP contribution is 2.28. The molecule has 3 amide bonds. The molecule has 1 aromatic carbocycles. The van der Waals surface area contributed by atoms with E-state index in [1.54, 1.807) is 11.3 Å². The highest BCUT2D eigenvalue weighted by molar-refractivity contribution is 7.13. The third kappa shape index (κ3) is 16.7. The molecule has 298 valence electrons. The van der Waals surface area contributed by atoms with Crippen molar-refractivity contribution in [3.05, 3.63) is 41.0 Å². The number of ether oxygens (including phenoxy) is 5. The lowest BCUT2D eigenvalue weighted by molar-refractivity contribution is -0.144. The molecule has 0 aliphatic carbocycles. The zero-order valence-electron chi connectivity index (χ0n) is 31.7. The van der Waals surface area contributed by atoms with Crippen LogP contribution in [0.15, 0.2) is 29.8 Å². The van der Waals surface area contributed by atoms with Gasteiger partial charge in [0, 0.05) is 32.0 Å². The van der Waals surface area contributed by atoms with Gasteiger partial charge in [0.05, 0.1) is 75.0 Å². The number of amides is 3. The number of carbonyl (C=O) groups excluding carboxylic acids is 3. The lowest BCUT2D eigenvalue weighted by Crippen LogP contribution is -2.58. The third-order valence-corrected chi connectivity index (χ3v) is 9.85. The number of rotatable bonds is 26. The summed E-state index contributed by atoms with van der Waals surface area (Å²) in [5.74, 6) is -0.542. The molecule has 0 bridgehead atoms. The molecular formula is C38H59ClN4O9S. The number of β-amino-alcohol motifs (C(OH)–C–C–N with tert-alkyl or cyclic N) is 1. The summed E-state index contributed by atoms with van der Waals surface area (Å²) in [5.41, 5.74) is 4.07. The number of hydrogen-bond donors (Lipinski definition) is 3. The Balaban J connectivity index is 1.30. The Labute approximate surface area is 323 Å². The van der Waals surface area contributed by atoms with E-state index in [4.69, 9.17) is 35.3 Å². The predicted octanol–water partition coefficient (Wildman–Crippen LogP) is 4.11. The van der Waals surface area contributed by atoms with Crippen LogP contribution in [0.4, 0.5) is 0 Å². The molecule has 0 radical (unpaired) electrons. The Bertz CT molecular complexity index is 1360. The van der Waals surface area contributed by atoms with E-state index in [2.05, 4.69) is 15.6 Å². The summed E-state index contributed by atoms with van der Waals surface area (Å²) in [4.78, 5) is 46.7. The van der Waals surface area contributed by atoms with Gasteiger partial charge in [-0.1, -0.05) is 57.9 Å². The van der Waals surface area contributed by atoms with Crippen molar-refractivity contribution < 1.29 is 43.2 Å². The lowest BCUT2D eigenvalue weighted by Gasteiger charge is -2.35. The van der Waals surface area contributed by atoms with Gasteiger partial charge in [0.2, 0.25) is 17.7 Å². The second-order valence-electron chi connectivity index (χ2n) is 14.0. The fourth-order valence-electron chi connectivity index (χ4n) is 5.68. The number of thiazole rings is 1. The van der Waals surface area contributed by atoms with Gasteiger partial charge in [0.1, 0.15) is 18.7 Å². The van der Waals surface area contributed by atoms with Gasteiger partial charge in [0.25, 0.3) is 0 Å². The average Bonchev–Trinajstić information content (AvgIpc) is 3.75. The molecule has 0 spiro atoms. The topological polar surface area (TPSA) is 158 Å². The second-order valence-corrected chi connectivity index (χ2v) is 15.3. The number of alkyl halides is 1. The van der Waals surface area contributed by atoms with E-state index in [-0.39, 0.29) is 45.2 Å². The molecule has 1 aliphatic rings. The minimum atomic E-state index is -0.941. The zero-order valence-corrected chi connectivity index (χ0v) is 33.3. The van der Waals surface area contributed by atoms with Gasteiger partial charge in [-0.2, -0.15) is 0 Å². The van der Waals surface area contributed by atoms with E-state index < -0.39 is 35.4 Å². The van der Waals surface area contributed by atoms with Gasteiger partial charge in [-0.3, -0.25) is 14.4 Å². The standard InChI is InChI=1S/C38H59ClN4O9S/c1-28-34(53-27-41-28)30-11-9-29(10-12-30)24-40-36(46)32-23-31(44)25-43(32)37(47)35(38(2,3)4)42-33(45)26-52-22-21-51-20-19-50-18-17-49-16-15-48-14-8-6-5-7-13-39/h9-12,27,31-32,35,44H,5-8,13-26H2,1-4H3,(H,40,46)(H,42,45). The number of aliphatic hydroxyl groups is 1. The lowest BCUT2D eigenvalue weighted by atomic mass is 9.85. The number of aromatic nitrogens is 1. The average molecular weight is 783 g/mol. The summed E-state index contributed by atoms with van der Waals surface area (Å²) in [6, 6.07) is 6.07. The number of hydrogen-bond acceptors (Lipinski definition) is 11. The van der Waals surface area contributed by atoms with E-state index in [0.717, 1.165) is 59.9 Å². The molecule has 2 aromatic rings. The summed E-state index contributed by atoms with van der Waals surface area (Å²) in [7, 11) is 0. The molecule has 13 nitrogen and oxygen atoms in total. The van der Waals surface area contributed by atoms with Gasteiger partial charge in [-0.25, -0.2) is 4.98 Å². The molecule has 1 fully saturated rings. The summed E-state index contributed by atoms with van der Waals surface area (Å²) in [6.07, 6.45) is 3.62. The van der Waals surface area contributed by atoms with E-state index >= 15 is 0 Å². The molecular weight excluding hydrogens is 724 g/mol. The first-order valence-electron chi connectivity index (χ1n) is 18.5. The summed E-state index contributed by atoms with van der Waals surface area (Å²) in [6.45, 7) is 11.5. The van der Waals surface area contributed by atoms with Crippen molar-refractivity contribution in [1.29, 1.82) is 0 Å². The smallest absolute Gasteiger partial charge is 0.246 e. The minimum absolute atomic E-state index is 0.00179. The molecule has 1 aromatic heterocycles. The van der Waals surface area contributed by atoms with Crippen LogP contribution in [0.5, 0.6) is 0 Å². The number of likely N-dealkylation sites (tertiary alicyclic amines) is 1. The fourth-order valence-corrected chi connectivity index (χ4v) is 6.68. The van der Waals surface area contributed by atoms with Crippen LogP contribution in [-0.2, 0) is 44.6 Å². The molecule has 2 heterocycles. The largest absolute Gasteiger partial charge is 0.391 e. The Morgan fingerprint density at radius 2 is 1.49 bits per heavy atom. The van der Waals surface area contributed by atoms with Crippen molar-refractivity contribution in [3.63, 3.8) is 0 Å². The third-order valence-electron chi connectivity index (χ3n) is 8.60. The van der Waals surface area contributed by atoms with Gasteiger partial charge in [-0.15, -0.1) is 22.9 Å². The Morgan fingerprint density at radius 1 is 0.906 bits per heavy atom. The first kappa shape index (κ1) is 44.7. The van der Waals surface area contributed by atoms with Gasteiger partial charge in [0.15, 0.2) is 0 Å². The molecule has 0 saturated carbocycles. The van der Waals surface area contributed by atoms with Crippen LogP contribution in [0.2, 0.25) is 0 Å². The van der Waals surface area contributed by atoms with E-state index in [0.29, 0.717) is 39.6 Å². The number of nitrogens with zero attached hydrogens (tertiary/aromatic N) is 2.